The number of aromatic nitrogens is 2. The summed E-state index contributed by atoms with van der Waals surface area (Å²) in [6, 6.07) is 8.10. The summed E-state index contributed by atoms with van der Waals surface area (Å²) in [7, 11) is 0. The molecule has 6 heteroatoms. The predicted octanol–water partition coefficient (Wildman–Crippen LogP) is 3.61. The summed E-state index contributed by atoms with van der Waals surface area (Å²) in [6.45, 7) is 3.67. The molecule has 6 nitrogen and oxygen atoms in total. The molecule has 1 aromatic heterocycles. The number of amides is 1. The van der Waals surface area contributed by atoms with Crippen LogP contribution in [-0.4, -0.2) is 38.0 Å². The van der Waals surface area contributed by atoms with E-state index in [0.717, 1.165) is 55.6 Å². The second-order valence-electron chi connectivity index (χ2n) is 7.79. The van der Waals surface area contributed by atoms with Crippen LogP contribution in [0, 0.1) is 11.8 Å². The first kappa shape index (κ1) is 18.0. The minimum Gasteiger partial charge on any atom is -0.481 e. The molecule has 0 radical (unpaired) electrons. The molecule has 1 amide bonds. The Balaban J connectivity index is 1.61. The molecule has 0 bridgehead atoms. The minimum absolute atomic E-state index is 0.00458. The highest BCUT2D eigenvalue weighted by Gasteiger charge is 2.39. The van der Waals surface area contributed by atoms with Crippen LogP contribution < -0.4 is 0 Å². The van der Waals surface area contributed by atoms with Crippen LogP contribution in [0.3, 0.4) is 0 Å². The Hall–Kier alpha value is -2.37. The Morgan fingerprint density at radius 3 is 2.70 bits per heavy atom. The summed E-state index contributed by atoms with van der Waals surface area (Å²) < 4.78 is 2.21. The van der Waals surface area contributed by atoms with Gasteiger partial charge in [-0.1, -0.05) is 18.6 Å². The number of fused-ring (bicyclic) bond motifs is 1. The molecule has 1 N–H and O–H groups in total. The summed E-state index contributed by atoms with van der Waals surface area (Å²) >= 11 is 0. The van der Waals surface area contributed by atoms with Crippen LogP contribution in [0.25, 0.3) is 11.0 Å². The second-order valence-corrected chi connectivity index (χ2v) is 7.79. The number of carboxylic acids is 1. The molecular weight excluding hydrogens is 342 g/mol. The number of aryl methyl sites for hydroxylation is 1. The lowest BCUT2D eigenvalue weighted by Crippen LogP contribution is -2.39. The molecule has 2 aromatic rings. The maximum atomic E-state index is 13.3. The Morgan fingerprint density at radius 1 is 1.15 bits per heavy atom. The van der Waals surface area contributed by atoms with Crippen molar-refractivity contribution in [1.29, 1.82) is 0 Å². The molecule has 144 valence electrons. The summed E-state index contributed by atoms with van der Waals surface area (Å²) in [5.74, 6) is -0.222. The normalized spacial score (nSPS) is 25.8. The first-order valence-corrected chi connectivity index (χ1v) is 10.1. The highest BCUT2D eigenvalue weighted by molar-refractivity contribution is 5.81. The lowest BCUT2D eigenvalue weighted by Gasteiger charge is -2.32. The quantitative estimate of drug-likeness (QED) is 0.893. The third kappa shape index (κ3) is 3.22. The zero-order valence-corrected chi connectivity index (χ0v) is 15.8. The minimum atomic E-state index is -0.766. The van der Waals surface area contributed by atoms with Crippen molar-refractivity contribution >= 4 is 22.9 Å². The van der Waals surface area contributed by atoms with Gasteiger partial charge < -0.3 is 14.6 Å². The average Bonchev–Trinajstić information content (AvgIpc) is 3.31. The van der Waals surface area contributed by atoms with Crippen LogP contribution in [0.15, 0.2) is 24.3 Å². The van der Waals surface area contributed by atoms with Crippen LogP contribution in [0.4, 0.5) is 0 Å². The van der Waals surface area contributed by atoms with Gasteiger partial charge in [0.25, 0.3) is 0 Å². The van der Waals surface area contributed by atoms with E-state index < -0.39 is 5.97 Å². The van der Waals surface area contributed by atoms with Gasteiger partial charge in [0.2, 0.25) is 5.91 Å². The smallest absolute Gasteiger partial charge is 0.306 e. The molecule has 2 fully saturated rings. The summed E-state index contributed by atoms with van der Waals surface area (Å²) in [4.78, 5) is 31.5. The molecule has 4 rings (SSSR count). The van der Waals surface area contributed by atoms with Crippen molar-refractivity contribution in [3.05, 3.63) is 30.1 Å². The number of rotatable bonds is 4. The number of aliphatic carboxylic acids is 1. The molecule has 1 saturated heterocycles. The lowest BCUT2D eigenvalue weighted by atomic mass is 9.80. The molecular formula is C21H27N3O3. The molecule has 1 saturated carbocycles. The topological polar surface area (TPSA) is 75.4 Å². The average molecular weight is 369 g/mol. The maximum absolute atomic E-state index is 13.3. The van der Waals surface area contributed by atoms with Gasteiger partial charge in [-0.15, -0.1) is 0 Å². The van der Waals surface area contributed by atoms with Crippen molar-refractivity contribution in [2.75, 3.05) is 6.54 Å². The van der Waals surface area contributed by atoms with Gasteiger partial charge in [-0.2, -0.15) is 0 Å². The number of hydrogen-bond donors (Lipinski definition) is 1. The molecule has 3 unspecified atom stereocenters. The summed E-state index contributed by atoms with van der Waals surface area (Å²) in [6.07, 6.45) is 4.67. The lowest BCUT2D eigenvalue weighted by molar-refractivity contribution is -0.145. The highest BCUT2D eigenvalue weighted by Crippen LogP contribution is 2.37. The van der Waals surface area contributed by atoms with Gasteiger partial charge in [0.15, 0.2) is 0 Å². The van der Waals surface area contributed by atoms with E-state index in [1.807, 2.05) is 23.1 Å². The van der Waals surface area contributed by atoms with Crippen LogP contribution >= 0.6 is 0 Å². The molecule has 3 atom stereocenters. The number of likely N-dealkylation sites (tertiary alicyclic amines) is 1. The molecule has 2 heterocycles. The van der Waals surface area contributed by atoms with E-state index in [1.165, 1.54) is 0 Å². The van der Waals surface area contributed by atoms with Gasteiger partial charge in [-0.3, -0.25) is 9.59 Å². The van der Waals surface area contributed by atoms with Crippen LogP contribution in [0.5, 0.6) is 0 Å². The molecule has 1 aliphatic carbocycles. The van der Waals surface area contributed by atoms with Crippen LogP contribution in [0.2, 0.25) is 0 Å². The van der Waals surface area contributed by atoms with Gasteiger partial charge in [-0.05, 0) is 51.2 Å². The Bertz CT molecular complexity index is 859. The standard InChI is InChI=1S/C21H27N3O3/c1-2-23-17-10-4-3-9-16(17)22-19(23)18-11-6-12-24(18)20(25)14-7-5-8-15(13-14)21(26)27/h3-4,9-10,14-15,18H,2,5-8,11-13H2,1H3,(H,26,27). The Labute approximate surface area is 159 Å². The summed E-state index contributed by atoms with van der Waals surface area (Å²) in [5, 5.41) is 9.34. The molecule has 27 heavy (non-hydrogen) atoms. The zero-order chi connectivity index (χ0) is 19.0. The SMILES string of the molecule is CCn1c(C2CCCN2C(=O)C2CCCC(C(=O)O)C2)nc2ccccc21. The van der Waals surface area contributed by atoms with Gasteiger partial charge >= 0.3 is 5.97 Å². The fourth-order valence-corrected chi connectivity index (χ4v) is 4.85. The van der Waals surface area contributed by atoms with Gasteiger partial charge in [0.05, 0.1) is 23.0 Å². The monoisotopic (exact) mass is 369 g/mol. The van der Waals surface area contributed by atoms with Gasteiger partial charge in [-0.25, -0.2) is 4.98 Å². The number of nitrogens with zero attached hydrogens (tertiary/aromatic N) is 3. The van der Waals surface area contributed by atoms with Crippen molar-refractivity contribution in [1.82, 2.24) is 14.5 Å². The fourth-order valence-electron chi connectivity index (χ4n) is 4.85. The number of carbonyl (C=O) groups is 2. The zero-order valence-electron chi connectivity index (χ0n) is 15.8. The van der Waals surface area contributed by atoms with Crippen molar-refractivity contribution in [2.24, 2.45) is 11.8 Å². The summed E-state index contributed by atoms with van der Waals surface area (Å²) in [5.41, 5.74) is 2.08. The van der Waals surface area contributed by atoms with E-state index in [1.54, 1.807) is 0 Å². The second kappa shape index (κ2) is 7.33. The van der Waals surface area contributed by atoms with Gasteiger partial charge in [0, 0.05) is 19.0 Å². The predicted molar refractivity (Wildman–Crippen MR) is 102 cm³/mol. The number of hydrogen-bond acceptors (Lipinski definition) is 3. The van der Waals surface area contributed by atoms with E-state index in [-0.39, 0.29) is 23.8 Å². The van der Waals surface area contributed by atoms with Crippen molar-refractivity contribution in [2.45, 2.75) is 58.0 Å². The number of benzene rings is 1. The first-order valence-electron chi connectivity index (χ1n) is 10.1. The first-order chi connectivity index (χ1) is 13.1. The number of para-hydroxylation sites is 2. The molecule has 0 spiro atoms. The largest absolute Gasteiger partial charge is 0.481 e. The number of carbonyl (C=O) groups excluding carboxylic acids is 1. The Kier molecular flexibility index (Phi) is 4.89. The van der Waals surface area contributed by atoms with E-state index in [0.29, 0.717) is 12.8 Å². The fraction of sp³-hybridized carbons (Fsp3) is 0.571. The molecule has 2 aliphatic rings. The van der Waals surface area contributed by atoms with E-state index in [4.69, 9.17) is 4.98 Å². The maximum Gasteiger partial charge on any atom is 0.306 e. The highest BCUT2D eigenvalue weighted by atomic mass is 16.4. The van der Waals surface area contributed by atoms with E-state index >= 15 is 0 Å². The van der Waals surface area contributed by atoms with Gasteiger partial charge in [0.1, 0.15) is 5.82 Å². The van der Waals surface area contributed by atoms with Crippen molar-refractivity contribution in [3.63, 3.8) is 0 Å². The van der Waals surface area contributed by atoms with E-state index in [9.17, 15) is 14.7 Å². The number of imidazole rings is 1. The van der Waals surface area contributed by atoms with E-state index in [2.05, 4.69) is 17.6 Å². The Morgan fingerprint density at radius 2 is 1.93 bits per heavy atom. The van der Waals surface area contributed by atoms with Crippen LogP contribution in [-0.2, 0) is 16.1 Å². The molecule has 1 aromatic carbocycles. The third-order valence-corrected chi connectivity index (χ3v) is 6.21. The van der Waals surface area contributed by atoms with Crippen molar-refractivity contribution in [3.8, 4) is 0 Å². The molecule has 1 aliphatic heterocycles. The third-order valence-electron chi connectivity index (χ3n) is 6.21. The van der Waals surface area contributed by atoms with Crippen molar-refractivity contribution < 1.29 is 14.7 Å². The number of carboxylic acid groups (broad SMARTS) is 1. The van der Waals surface area contributed by atoms with Crippen LogP contribution in [0.1, 0.15) is 57.3 Å².